The van der Waals surface area contributed by atoms with Crippen LogP contribution in [0.4, 0.5) is 5.69 Å². The van der Waals surface area contributed by atoms with Gasteiger partial charge in [0.05, 0.1) is 11.9 Å². The normalized spacial score (nSPS) is 14.1. The first-order valence-corrected chi connectivity index (χ1v) is 11.9. The molecule has 1 amide bonds. The third-order valence-corrected chi connectivity index (χ3v) is 6.17. The van der Waals surface area contributed by atoms with E-state index in [0.29, 0.717) is 36.9 Å². The Morgan fingerprint density at radius 2 is 1.80 bits per heavy atom. The molecule has 0 spiro atoms. The van der Waals surface area contributed by atoms with Crippen molar-refractivity contribution in [1.82, 2.24) is 5.32 Å². The zero-order valence-corrected chi connectivity index (χ0v) is 18.2. The van der Waals surface area contributed by atoms with Crippen LogP contribution in [0.15, 0.2) is 48.5 Å². The van der Waals surface area contributed by atoms with Gasteiger partial charge < -0.3 is 14.8 Å². The largest absolute Gasteiger partial charge is 0.486 e. The van der Waals surface area contributed by atoms with Gasteiger partial charge in [-0.25, -0.2) is 8.42 Å². The van der Waals surface area contributed by atoms with Crippen molar-refractivity contribution < 1.29 is 22.7 Å². The molecule has 1 unspecified atom stereocenters. The minimum Gasteiger partial charge on any atom is -0.486 e. The van der Waals surface area contributed by atoms with E-state index < -0.39 is 10.0 Å². The molecule has 1 N–H and O–H groups in total. The molecule has 0 saturated heterocycles. The molecule has 8 heteroatoms. The van der Waals surface area contributed by atoms with Gasteiger partial charge in [0.2, 0.25) is 15.9 Å². The van der Waals surface area contributed by atoms with E-state index >= 15 is 0 Å². The number of rotatable bonds is 9. The number of carbonyl (C=O) groups excluding carboxylic acids is 1. The Bertz CT molecular complexity index is 963. The maximum Gasteiger partial charge on any atom is 0.240 e. The summed E-state index contributed by atoms with van der Waals surface area (Å²) < 4.78 is 36.8. The average Bonchev–Trinajstić information content (AvgIpc) is 2.74. The highest BCUT2D eigenvalue weighted by molar-refractivity contribution is 7.92. The van der Waals surface area contributed by atoms with Crippen molar-refractivity contribution in [2.75, 3.05) is 36.9 Å². The van der Waals surface area contributed by atoms with E-state index in [1.807, 2.05) is 18.2 Å². The Kier molecular flexibility index (Phi) is 7.20. The highest BCUT2D eigenvalue weighted by Gasteiger charge is 2.23. The second-order valence-electron chi connectivity index (χ2n) is 7.37. The maximum absolute atomic E-state index is 12.6. The minimum absolute atomic E-state index is 0.275. The molecule has 30 heavy (non-hydrogen) atoms. The van der Waals surface area contributed by atoms with Gasteiger partial charge in [0.1, 0.15) is 19.8 Å². The summed E-state index contributed by atoms with van der Waals surface area (Å²) in [5.41, 5.74) is 1.58. The van der Waals surface area contributed by atoms with E-state index in [-0.39, 0.29) is 18.4 Å². The summed E-state index contributed by atoms with van der Waals surface area (Å²) in [5, 5.41) is 2.89. The number of nitrogens with zero attached hydrogens (tertiary/aromatic N) is 1. The van der Waals surface area contributed by atoms with E-state index in [1.54, 1.807) is 18.2 Å². The maximum atomic E-state index is 12.6. The average molecular weight is 433 g/mol. The SMILES string of the molecule is CCC(CNC(=O)CN(c1ccc2c(c1)OCCO2)S(C)(=O)=O)Cc1ccccc1. The summed E-state index contributed by atoms with van der Waals surface area (Å²) in [6.07, 6.45) is 2.85. The van der Waals surface area contributed by atoms with Crippen LogP contribution in [0.2, 0.25) is 0 Å². The fourth-order valence-corrected chi connectivity index (χ4v) is 4.19. The number of amides is 1. The molecule has 1 aliphatic heterocycles. The molecule has 0 aromatic heterocycles. The van der Waals surface area contributed by atoms with E-state index in [9.17, 15) is 13.2 Å². The monoisotopic (exact) mass is 432 g/mol. The van der Waals surface area contributed by atoms with Crippen molar-refractivity contribution in [3.63, 3.8) is 0 Å². The standard InChI is InChI=1S/C22H28N2O5S/c1-3-17(13-18-7-5-4-6-8-18)15-23-22(25)16-24(30(2,26)27)19-9-10-20-21(14-19)29-12-11-28-20/h4-10,14,17H,3,11-13,15-16H2,1-2H3,(H,23,25). The molecule has 1 atom stereocenters. The lowest BCUT2D eigenvalue weighted by Crippen LogP contribution is -2.42. The predicted octanol–water partition coefficient (Wildman–Crippen LogP) is 2.61. The Hall–Kier alpha value is -2.74. The number of carbonyl (C=O) groups is 1. The molecule has 0 aliphatic carbocycles. The topological polar surface area (TPSA) is 84.9 Å². The Morgan fingerprint density at radius 3 is 2.47 bits per heavy atom. The summed E-state index contributed by atoms with van der Waals surface area (Å²) in [6.45, 7) is 3.13. The van der Waals surface area contributed by atoms with Gasteiger partial charge in [-0.15, -0.1) is 0 Å². The molecule has 7 nitrogen and oxygen atoms in total. The lowest BCUT2D eigenvalue weighted by molar-refractivity contribution is -0.119. The number of sulfonamides is 1. The Balaban J connectivity index is 1.64. The fraction of sp³-hybridized carbons (Fsp3) is 0.409. The van der Waals surface area contributed by atoms with Crippen LogP contribution in [0.1, 0.15) is 18.9 Å². The van der Waals surface area contributed by atoms with Gasteiger partial charge in [-0.3, -0.25) is 9.10 Å². The predicted molar refractivity (Wildman–Crippen MR) is 117 cm³/mol. The lowest BCUT2D eigenvalue weighted by Gasteiger charge is -2.25. The van der Waals surface area contributed by atoms with Crippen molar-refractivity contribution in [3.05, 3.63) is 54.1 Å². The van der Waals surface area contributed by atoms with E-state index in [2.05, 4.69) is 24.4 Å². The third-order valence-electron chi connectivity index (χ3n) is 5.03. The highest BCUT2D eigenvalue weighted by atomic mass is 32.2. The van der Waals surface area contributed by atoms with Gasteiger partial charge in [-0.2, -0.15) is 0 Å². The first-order chi connectivity index (χ1) is 14.4. The van der Waals surface area contributed by atoms with Crippen LogP contribution in [0.25, 0.3) is 0 Å². The zero-order chi connectivity index (χ0) is 21.6. The van der Waals surface area contributed by atoms with Gasteiger partial charge in [0.15, 0.2) is 11.5 Å². The van der Waals surface area contributed by atoms with Crippen LogP contribution in [-0.4, -0.2) is 46.9 Å². The zero-order valence-electron chi connectivity index (χ0n) is 17.3. The van der Waals surface area contributed by atoms with Crippen molar-refractivity contribution in [3.8, 4) is 11.5 Å². The number of nitrogens with one attached hydrogen (secondary N) is 1. The first-order valence-electron chi connectivity index (χ1n) is 10.0. The van der Waals surface area contributed by atoms with E-state index in [4.69, 9.17) is 9.47 Å². The number of anilines is 1. The van der Waals surface area contributed by atoms with Gasteiger partial charge in [-0.05, 0) is 30.0 Å². The van der Waals surface area contributed by atoms with Gasteiger partial charge >= 0.3 is 0 Å². The molecule has 0 radical (unpaired) electrons. The minimum atomic E-state index is -3.66. The summed E-state index contributed by atoms with van der Waals surface area (Å²) in [6, 6.07) is 15.0. The molecule has 3 rings (SSSR count). The summed E-state index contributed by atoms with van der Waals surface area (Å²) in [5.74, 6) is 0.968. The van der Waals surface area contributed by atoms with Gasteiger partial charge in [-0.1, -0.05) is 43.7 Å². The quantitative estimate of drug-likeness (QED) is 0.658. The lowest BCUT2D eigenvalue weighted by atomic mass is 9.97. The number of ether oxygens (including phenoxy) is 2. The number of hydrogen-bond acceptors (Lipinski definition) is 5. The molecular weight excluding hydrogens is 404 g/mol. The summed E-state index contributed by atoms with van der Waals surface area (Å²) in [7, 11) is -3.66. The van der Waals surface area contributed by atoms with Crippen LogP contribution >= 0.6 is 0 Å². The van der Waals surface area contributed by atoms with Crippen LogP contribution in [-0.2, 0) is 21.2 Å². The molecule has 0 saturated carbocycles. The molecule has 162 valence electrons. The summed E-state index contributed by atoms with van der Waals surface area (Å²) >= 11 is 0. The van der Waals surface area contributed by atoms with Crippen molar-refractivity contribution in [1.29, 1.82) is 0 Å². The molecule has 2 aromatic rings. The molecule has 2 aromatic carbocycles. The van der Waals surface area contributed by atoms with Crippen LogP contribution in [0, 0.1) is 5.92 Å². The van der Waals surface area contributed by atoms with Crippen LogP contribution < -0.4 is 19.1 Å². The molecule has 0 fully saturated rings. The Labute approximate surface area is 178 Å². The molecule has 1 heterocycles. The van der Waals surface area contributed by atoms with Crippen molar-refractivity contribution in [2.45, 2.75) is 19.8 Å². The fourth-order valence-electron chi connectivity index (χ4n) is 3.34. The van der Waals surface area contributed by atoms with Crippen LogP contribution in [0.5, 0.6) is 11.5 Å². The second kappa shape index (κ2) is 9.84. The number of benzene rings is 2. The molecular formula is C22H28N2O5S. The van der Waals surface area contributed by atoms with Crippen LogP contribution in [0.3, 0.4) is 0 Å². The van der Waals surface area contributed by atoms with E-state index in [0.717, 1.165) is 23.4 Å². The highest BCUT2D eigenvalue weighted by Crippen LogP contribution is 2.34. The van der Waals surface area contributed by atoms with Crippen molar-refractivity contribution >= 4 is 21.6 Å². The third kappa shape index (κ3) is 5.89. The van der Waals surface area contributed by atoms with Gasteiger partial charge in [0.25, 0.3) is 0 Å². The van der Waals surface area contributed by atoms with Gasteiger partial charge in [0, 0.05) is 12.6 Å². The number of fused-ring (bicyclic) bond motifs is 1. The smallest absolute Gasteiger partial charge is 0.240 e. The molecule has 1 aliphatic rings. The van der Waals surface area contributed by atoms with E-state index in [1.165, 1.54) is 5.56 Å². The molecule has 0 bridgehead atoms. The first kappa shape index (κ1) is 22.0. The number of hydrogen-bond donors (Lipinski definition) is 1. The Morgan fingerprint density at radius 1 is 1.10 bits per heavy atom. The second-order valence-corrected chi connectivity index (χ2v) is 9.27. The summed E-state index contributed by atoms with van der Waals surface area (Å²) in [4.78, 5) is 12.6. The van der Waals surface area contributed by atoms with Crippen molar-refractivity contribution in [2.24, 2.45) is 5.92 Å².